The summed E-state index contributed by atoms with van der Waals surface area (Å²) in [7, 11) is 0. The molecule has 0 aromatic heterocycles. The summed E-state index contributed by atoms with van der Waals surface area (Å²) in [4.78, 5) is 25.6. The van der Waals surface area contributed by atoms with Crippen molar-refractivity contribution in [2.45, 2.75) is 113 Å². The molecule has 0 radical (unpaired) electrons. The van der Waals surface area contributed by atoms with E-state index in [1.165, 1.54) is 12.0 Å². The highest BCUT2D eigenvalue weighted by atomic mass is 16.4. The maximum absolute atomic E-state index is 12.9. The van der Waals surface area contributed by atoms with Crippen molar-refractivity contribution in [3.63, 3.8) is 0 Å². The third-order valence-electron chi connectivity index (χ3n) is 12.8. The van der Waals surface area contributed by atoms with Crippen LogP contribution >= 0.6 is 0 Å². The van der Waals surface area contributed by atoms with Crippen molar-refractivity contribution < 1.29 is 14.7 Å². The fourth-order valence-corrected chi connectivity index (χ4v) is 10.4. The summed E-state index contributed by atoms with van der Waals surface area (Å²) in [6.07, 6.45) is 12.3. The van der Waals surface area contributed by atoms with Gasteiger partial charge in [-0.2, -0.15) is 0 Å². The summed E-state index contributed by atoms with van der Waals surface area (Å²) >= 11 is 0. The number of hydrogen-bond acceptors (Lipinski definition) is 2. The summed E-state index contributed by atoms with van der Waals surface area (Å²) in [5, 5.41) is 10.5. The topological polar surface area (TPSA) is 54.4 Å². The Balaban J connectivity index is 1.60. The molecule has 0 aromatic carbocycles. The Labute approximate surface area is 201 Å². The second kappa shape index (κ2) is 6.76. The molecule has 0 spiro atoms. The van der Waals surface area contributed by atoms with Crippen molar-refractivity contribution >= 4 is 11.8 Å². The minimum absolute atomic E-state index is 0.0620. The third-order valence-corrected chi connectivity index (χ3v) is 12.8. The van der Waals surface area contributed by atoms with E-state index in [0.29, 0.717) is 17.6 Å². The molecule has 4 fully saturated rings. The van der Waals surface area contributed by atoms with Crippen LogP contribution in [0.15, 0.2) is 11.6 Å². The lowest BCUT2D eigenvalue weighted by Crippen LogP contribution is -2.64. The molecule has 0 aliphatic heterocycles. The van der Waals surface area contributed by atoms with E-state index in [1.54, 1.807) is 0 Å². The number of fused-ring (bicyclic) bond motifs is 7. The lowest BCUT2D eigenvalue weighted by Gasteiger charge is -2.70. The first kappa shape index (κ1) is 23.6. The maximum Gasteiger partial charge on any atom is 0.310 e. The van der Waals surface area contributed by atoms with Gasteiger partial charge in [0.1, 0.15) is 5.78 Å². The summed E-state index contributed by atoms with van der Waals surface area (Å²) < 4.78 is 0. The van der Waals surface area contributed by atoms with Gasteiger partial charge >= 0.3 is 5.97 Å². The zero-order valence-electron chi connectivity index (χ0n) is 22.1. The fraction of sp³-hybridized carbons (Fsp3) is 0.867. The van der Waals surface area contributed by atoms with Crippen LogP contribution in [0, 0.1) is 50.2 Å². The number of aliphatic carboxylic acids is 1. The molecule has 5 aliphatic carbocycles. The van der Waals surface area contributed by atoms with E-state index in [2.05, 4.69) is 54.5 Å². The lowest BCUT2D eigenvalue weighted by molar-refractivity contribution is -0.189. The zero-order chi connectivity index (χ0) is 24.2. The van der Waals surface area contributed by atoms with Gasteiger partial charge < -0.3 is 5.11 Å². The van der Waals surface area contributed by atoms with Gasteiger partial charge in [-0.1, -0.05) is 60.1 Å². The average molecular weight is 455 g/mol. The van der Waals surface area contributed by atoms with Gasteiger partial charge in [-0.05, 0) is 97.2 Å². The molecule has 0 bridgehead atoms. The first-order chi connectivity index (χ1) is 15.1. The molecule has 0 saturated heterocycles. The van der Waals surface area contributed by atoms with E-state index in [1.807, 2.05) is 0 Å². The Morgan fingerprint density at radius 2 is 1.58 bits per heavy atom. The molecule has 33 heavy (non-hydrogen) atoms. The average Bonchev–Trinajstić information content (AvgIpc) is 2.71. The van der Waals surface area contributed by atoms with Crippen molar-refractivity contribution in [3.05, 3.63) is 11.6 Å². The number of ketones is 1. The molecular formula is C30H46O3. The smallest absolute Gasteiger partial charge is 0.310 e. The van der Waals surface area contributed by atoms with Gasteiger partial charge in [-0.3, -0.25) is 9.59 Å². The van der Waals surface area contributed by atoms with Gasteiger partial charge in [0.25, 0.3) is 0 Å². The van der Waals surface area contributed by atoms with Gasteiger partial charge in [0.05, 0.1) is 5.41 Å². The standard InChI is InChI=1S/C30H46O3/c1-25(2)14-16-30(24(32)33)17-15-28(6)19(20(30)18-25)8-9-22-27(5)12-11-23(31)26(3,4)21(27)10-13-29(22,28)7/h8,20-22H,9-18H2,1-7H3,(H,32,33)/t20-,21-,22+,27-,28+,29-,30+/m1/s1. The Hall–Kier alpha value is -1.12. The van der Waals surface area contributed by atoms with Gasteiger partial charge in [0.2, 0.25) is 0 Å². The van der Waals surface area contributed by atoms with Crippen molar-refractivity contribution in [2.24, 2.45) is 50.2 Å². The van der Waals surface area contributed by atoms with Crippen LogP contribution in [-0.2, 0) is 9.59 Å². The number of carbonyl (C=O) groups excluding carboxylic acids is 1. The van der Waals surface area contributed by atoms with Crippen molar-refractivity contribution in [3.8, 4) is 0 Å². The largest absolute Gasteiger partial charge is 0.481 e. The number of rotatable bonds is 1. The second-order valence-corrected chi connectivity index (χ2v) is 14.8. The fourth-order valence-electron chi connectivity index (χ4n) is 10.4. The van der Waals surface area contributed by atoms with Crippen LogP contribution in [0.1, 0.15) is 113 Å². The van der Waals surface area contributed by atoms with E-state index in [-0.39, 0.29) is 33.0 Å². The van der Waals surface area contributed by atoms with Gasteiger partial charge in [0, 0.05) is 11.8 Å². The van der Waals surface area contributed by atoms with Crippen LogP contribution in [0.5, 0.6) is 0 Å². The van der Waals surface area contributed by atoms with Crippen LogP contribution in [0.25, 0.3) is 0 Å². The van der Waals surface area contributed by atoms with E-state index >= 15 is 0 Å². The molecule has 184 valence electrons. The quantitative estimate of drug-likeness (QED) is 0.419. The van der Waals surface area contributed by atoms with Crippen LogP contribution < -0.4 is 0 Å². The molecule has 0 unspecified atom stereocenters. The van der Waals surface area contributed by atoms with E-state index in [4.69, 9.17) is 0 Å². The Bertz CT molecular complexity index is 927. The first-order valence-corrected chi connectivity index (χ1v) is 13.6. The molecule has 7 atom stereocenters. The normalized spacial score (nSPS) is 50.2. The predicted octanol–water partition coefficient (Wildman–Crippen LogP) is 7.44. The van der Waals surface area contributed by atoms with Crippen LogP contribution in [-0.4, -0.2) is 16.9 Å². The highest BCUT2D eigenvalue weighted by Gasteiger charge is 2.69. The third kappa shape index (κ3) is 2.80. The van der Waals surface area contributed by atoms with Crippen LogP contribution in [0.2, 0.25) is 0 Å². The second-order valence-electron chi connectivity index (χ2n) is 14.8. The molecule has 0 heterocycles. The van der Waals surface area contributed by atoms with Gasteiger partial charge in [0.15, 0.2) is 0 Å². The van der Waals surface area contributed by atoms with Crippen LogP contribution in [0.3, 0.4) is 0 Å². The molecule has 4 saturated carbocycles. The maximum atomic E-state index is 12.9. The van der Waals surface area contributed by atoms with Gasteiger partial charge in [-0.25, -0.2) is 0 Å². The summed E-state index contributed by atoms with van der Waals surface area (Å²) in [6.45, 7) is 16.6. The molecule has 3 heteroatoms. The van der Waals surface area contributed by atoms with Gasteiger partial charge in [-0.15, -0.1) is 0 Å². The van der Waals surface area contributed by atoms with E-state index in [9.17, 15) is 14.7 Å². The first-order valence-electron chi connectivity index (χ1n) is 13.6. The summed E-state index contributed by atoms with van der Waals surface area (Å²) in [5.41, 5.74) is 1.33. The molecular weight excluding hydrogens is 408 g/mol. The molecule has 5 rings (SSSR count). The lowest BCUT2D eigenvalue weighted by atomic mass is 9.33. The summed E-state index contributed by atoms with van der Waals surface area (Å²) in [6, 6.07) is 0. The number of carbonyl (C=O) groups is 2. The minimum Gasteiger partial charge on any atom is -0.481 e. The number of carboxylic acids is 1. The van der Waals surface area contributed by atoms with E-state index < -0.39 is 11.4 Å². The number of hydrogen-bond donors (Lipinski definition) is 1. The minimum atomic E-state index is -0.565. The highest BCUT2D eigenvalue weighted by molar-refractivity contribution is 5.85. The monoisotopic (exact) mass is 454 g/mol. The Morgan fingerprint density at radius 3 is 2.24 bits per heavy atom. The van der Waals surface area contributed by atoms with E-state index in [0.717, 1.165) is 57.8 Å². The highest BCUT2D eigenvalue weighted by Crippen LogP contribution is 2.75. The summed E-state index contributed by atoms with van der Waals surface area (Å²) in [5.74, 6) is 1.10. The van der Waals surface area contributed by atoms with Crippen molar-refractivity contribution in [1.82, 2.24) is 0 Å². The number of Topliss-reactive ketones (excluding diaryl/α,β-unsaturated/α-hetero) is 1. The molecule has 1 N–H and O–H groups in total. The molecule has 0 aromatic rings. The van der Waals surface area contributed by atoms with Crippen molar-refractivity contribution in [2.75, 3.05) is 0 Å². The number of allylic oxidation sites excluding steroid dienone is 2. The van der Waals surface area contributed by atoms with Crippen LogP contribution in [0.4, 0.5) is 0 Å². The Kier molecular flexibility index (Phi) is 4.83. The molecule has 0 amide bonds. The molecule has 3 nitrogen and oxygen atoms in total. The predicted molar refractivity (Wildman–Crippen MR) is 132 cm³/mol. The Morgan fingerprint density at radius 1 is 0.909 bits per heavy atom. The van der Waals surface area contributed by atoms with Crippen molar-refractivity contribution in [1.29, 1.82) is 0 Å². The SMILES string of the molecule is CC1(C)CC[C@]2(C(=O)O)CC[C@@]3(C)C(=CC[C@H]4[C@]5(C)CCC(=O)C(C)(C)[C@H]5CC[C@]43C)[C@H]2C1. The number of carboxylic acid groups (broad SMARTS) is 1. The molecule has 5 aliphatic rings. The zero-order valence-corrected chi connectivity index (χ0v) is 22.1.